The van der Waals surface area contributed by atoms with Crippen molar-refractivity contribution in [2.24, 2.45) is 13.0 Å². The van der Waals surface area contributed by atoms with Crippen LogP contribution in [0.2, 0.25) is 0 Å². The van der Waals surface area contributed by atoms with Gasteiger partial charge in [-0.15, -0.1) is 0 Å². The quantitative estimate of drug-likeness (QED) is 0.681. The molecule has 1 aliphatic carbocycles. The summed E-state index contributed by atoms with van der Waals surface area (Å²) >= 11 is 0. The number of hydrogen-bond donors (Lipinski definition) is 2. The largest absolute Gasteiger partial charge is 0.352 e. The zero-order chi connectivity index (χ0) is 14.6. The Hall–Kier alpha value is -0.850. The molecule has 0 unspecified atom stereocenters. The number of sulfonamides is 1. The Labute approximate surface area is 121 Å². The molecule has 1 saturated carbocycles. The first-order valence-corrected chi connectivity index (χ1v) is 8.87. The lowest BCUT2D eigenvalue weighted by molar-refractivity contribution is 0.572. The molecule has 0 atom stereocenters. The van der Waals surface area contributed by atoms with Crippen molar-refractivity contribution in [2.45, 2.75) is 44.0 Å². The van der Waals surface area contributed by atoms with Gasteiger partial charge in [-0.05, 0) is 31.4 Å². The molecule has 0 aromatic carbocycles. The molecule has 0 bridgehead atoms. The Morgan fingerprint density at radius 1 is 1.40 bits per heavy atom. The Morgan fingerprint density at radius 2 is 2.15 bits per heavy atom. The molecule has 5 nitrogen and oxygen atoms in total. The van der Waals surface area contributed by atoms with Gasteiger partial charge in [-0.25, -0.2) is 13.1 Å². The third kappa shape index (κ3) is 4.33. The van der Waals surface area contributed by atoms with Gasteiger partial charge in [0.2, 0.25) is 10.0 Å². The Balaban J connectivity index is 1.90. The lowest BCUT2D eigenvalue weighted by atomic mass is 10.2. The minimum absolute atomic E-state index is 0.360. The predicted octanol–water partition coefficient (Wildman–Crippen LogP) is 1.60. The lowest BCUT2D eigenvalue weighted by Gasteiger charge is -2.04. The van der Waals surface area contributed by atoms with Crippen molar-refractivity contribution in [3.05, 3.63) is 18.0 Å². The molecule has 1 aromatic rings. The zero-order valence-electron chi connectivity index (χ0n) is 12.4. The zero-order valence-corrected chi connectivity index (χ0v) is 13.2. The van der Waals surface area contributed by atoms with Crippen LogP contribution in [0.3, 0.4) is 0 Å². The fourth-order valence-electron chi connectivity index (χ4n) is 2.24. The van der Waals surface area contributed by atoms with E-state index < -0.39 is 10.0 Å². The van der Waals surface area contributed by atoms with E-state index in [9.17, 15) is 8.42 Å². The van der Waals surface area contributed by atoms with E-state index in [1.54, 1.807) is 12.3 Å². The topological polar surface area (TPSA) is 63.1 Å². The van der Waals surface area contributed by atoms with Crippen molar-refractivity contribution in [3.8, 4) is 0 Å². The molecule has 0 aliphatic heterocycles. The number of aryl methyl sites for hydroxylation is 1. The van der Waals surface area contributed by atoms with Crippen molar-refractivity contribution >= 4 is 10.0 Å². The standard InChI is InChI=1S/C14H25N3O2S/c1-3-15-10-13-9-14(11-17(13)2)20(18,19)16-8-4-5-12-6-7-12/h9,11-12,15-16H,3-8,10H2,1-2H3. The molecule has 0 spiro atoms. The first-order chi connectivity index (χ1) is 9.53. The molecule has 20 heavy (non-hydrogen) atoms. The van der Waals surface area contributed by atoms with Gasteiger partial charge in [-0.1, -0.05) is 19.8 Å². The first kappa shape index (κ1) is 15.5. The third-order valence-corrected chi connectivity index (χ3v) is 5.16. The van der Waals surface area contributed by atoms with Crippen molar-refractivity contribution in [1.82, 2.24) is 14.6 Å². The Bertz CT molecular complexity index is 533. The molecule has 1 fully saturated rings. The Kier molecular flexibility index (Phi) is 5.23. The van der Waals surface area contributed by atoms with Crippen LogP contribution in [-0.4, -0.2) is 26.1 Å². The van der Waals surface area contributed by atoms with E-state index in [4.69, 9.17) is 0 Å². The van der Waals surface area contributed by atoms with Gasteiger partial charge >= 0.3 is 0 Å². The molecular weight excluding hydrogens is 274 g/mol. The Morgan fingerprint density at radius 3 is 2.80 bits per heavy atom. The summed E-state index contributed by atoms with van der Waals surface area (Å²) in [5.74, 6) is 0.850. The highest BCUT2D eigenvalue weighted by molar-refractivity contribution is 7.89. The smallest absolute Gasteiger partial charge is 0.242 e. The minimum Gasteiger partial charge on any atom is -0.352 e. The van der Waals surface area contributed by atoms with Crippen LogP contribution in [0.25, 0.3) is 0 Å². The number of nitrogens with zero attached hydrogens (tertiary/aromatic N) is 1. The normalized spacial score (nSPS) is 15.7. The van der Waals surface area contributed by atoms with E-state index in [1.165, 1.54) is 12.8 Å². The third-order valence-electron chi connectivity index (χ3n) is 3.73. The van der Waals surface area contributed by atoms with Gasteiger partial charge in [0.15, 0.2) is 0 Å². The second-order valence-electron chi connectivity index (χ2n) is 5.54. The molecule has 0 saturated heterocycles. The molecule has 1 aliphatic rings. The van der Waals surface area contributed by atoms with Crippen LogP contribution in [0.1, 0.15) is 38.3 Å². The van der Waals surface area contributed by atoms with Crippen molar-refractivity contribution in [1.29, 1.82) is 0 Å². The molecule has 114 valence electrons. The van der Waals surface area contributed by atoms with E-state index in [2.05, 4.69) is 10.0 Å². The lowest BCUT2D eigenvalue weighted by Crippen LogP contribution is -2.24. The van der Waals surface area contributed by atoms with E-state index >= 15 is 0 Å². The number of nitrogens with one attached hydrogen (secondary N) is 2. The summed E-state index contributed by atoms with van der Waals surface area (Å²) < 4.78 is 28.9. The summed E-state index contributed by atoms with van der Waals surface area (Å²) in [5.41, 5.74) is 0.977. The van der Waals surface area contributed by atoms with E-state index in [0.29, 0.717) is 18.0 Å². The van der Waals surface area contributed by atoms with Crippen LogP contribution in [0.4, 0.5) is 0 Å². The summed E-state index contributed by atoms with van der Waals surface area (Å²) in [7, 11) is -1.49. The molecule has 0 radical (unpaired) electrons. The summed E-state index contributed by atoms with van der Waals surface area (Å²) in [6, 6.07) is 1.74. The van der Waals surface area contributed by atoms with Crippen LogP contribution in [0, 0.1) is 5.92 Å². The molecule has 0 amide bonds. The van der Waals surface area contributed by atoms with Crippen LogP contribution < -0.4 is 10.0 Å². The van der Waals surface area contributed by atoms with Crippen LogP contribution in [0.15, 0.2) is 17.2 Å². The fourth-order valence-corrected chi connectivity index (χ4v) is 3.41. The summed E-state index contributed by atoms with van der Waals surface area (Å²) in [6.45, 7) is 4.12. The second kappa shape index (κ2) is 6.74. The second-order valence-corrected chi connectivity index (χ2v) is 7.31. The molecule has 2 rings (SSSR count). The highest BCUT2D eigenvalue weighted by Crippen LogP contribution is 2.33. The number of rotatable bonds is 9. The van der Waals surface area contributed by atoms with Crippen molar-refractivity contribution in [3.63, 3.8) is 0 Å². The highest BCUT2D eigenvalue weighted by Gasteiger charge is 2.21. The van der Waals surface area contributed by atoms with E-state index in [0.717, 1.165) is 31.0 Å². The minimum atomic E-state index is -3.36. The van der Waals surface area contributed by atoms with Gasteiger partial charge in [0.05, 0.1) is 4.90 Å². The average Bonchev–Trinajstić information content (AvgIpc) is 3.15. The summed E-state index contributed by atoms with van der Waals surface area (Å²) in [4.78, 5) is 0.360. The van der Waals surface area contributed by atoms with Crippen molar-refractivity contribution in [2.75, 3.05) is 13.1 Å². The number of hydrogen-bond acceptors (Lipinski definition) is 3. The van der Waals surface area contributed by atoms with Gasteiger partial charge in [-0.3, -0.25) is 0 Å². The molecule has 1 aromatic heterocycles. The SMILES string of the molecule is CCNCc1cc(S(=O)(=O)NCCCC2CC2)cn1C. The van der Waals surface area contributed by atoms with Crippen LogP contribution in [-0.2, 0) is 23.6 Å². The van der Waals surface area contributed by atoms with Crippen LogP contribution in [0.5, 0.6) is 0 Å². The van der Waals surface area contributed by atoms with Crippen LogP contribution >= 0.6 is 0 Å². The number of aromatic nitrogens is 1. The first-order valence-electron chi connectivity index (χ1n) is 7.38. The summed E-state index contributed by atoms with van der Waals surface area (Å²) in [5, 5.41) is 3.21. The summed E-state index contributed by atoms with van der Waals surface area (Å²) in [6.07, 6.45) is 6.39. The maximum Gasteiger partial charge on any atom is 0.242 e. The molecular formula is C14H25N3O2S. The fraction of sp³-hybridized carbons (Fsp3) is 0.714. The average molecular weight is 299 g/mol. The maximum absolute atomic E-state index is 12.2. The molecule has 6 heteroatoms. The van der Waals surface area contributed by atoms with Gasteiger partial charge in [0.1, 0.15) is 0 Å². The molecule has 1 heterocycles. The van der Waals surface area contributed by atoms with Gasteiger partial charge < -0.3 is 9.88 Å². The van der Waals surface area contributed by atoms with Gasteiger partial charge in [0, 0.05) is 32.0 Å². The highest BCUT2D eigenvalue weighted by atomic mass is 32.2. The van der Waals surface area contributed by atoms with E-state index in [1.807, 2.05) is 18.5 Å². The van der Waals surface area contributed by atoms with Gasteiger partial charge in [-0.2, -0.15) is 0 Å². The monoisotopic (exact) mass is 299 g/mol. The predicted molar refractivity (Wildman–Crippen MR) is 79.9 cm³/mol. The van der Waals surface area contributed by atoms with Crippen molar-refractivity contribution < 1.29 is 8.42 Å². The van der Waals surface area contributed by atoms with Gasteiger partial charge in [0.25, 0.3) is 0 Å². The molecule has 2 N–H and O–H groups in total. The van der Waals surface area contributed by atoms with E-state index in [-0.39, 0.29) is 0 Å². The maximum atomic E-state index is 12.2.